The molecule has 0 bridgehead atoms. The summed E-state index contributed by atoms with van der Waals surface area (Å²) in [6, 6.07) is 4.53. The summed E-state index contributed by atoms with van der Waals surface area (Å²) >= 11 is 7.65. The Hall–Kier alpha value is -0.0900. The maximum absolute atomic E-state index is 5.97. The molecular weight excluding hydrogens is 254 g/mol. The number of hydrogen-bond acceptors (Lipinski definition) is 3. The van der Waals surface area contributed by atoms with Crippen LogP contribution in [0.25, 0.3) is 0 Å². The summed E-state index contributed by atoms with van der Waals surface area (Å²) in [6.07, 6.45) is 5.06. The lowest BCUT2D eigenvalue weighted by atomic mass is 9.99. The lowest BCUT2D eigenvalue weighted by molar-refractivity contribution is -0.00693. The van der Waals surface area contributed by atoms with Crippen LogP contribution in [0.3, 0.4) is 0 Å². The molecule has 1 N–H and O–H groups in total. The van der Waals surface area contributed by atoms with Crippen molar-refractivity contribution in [2.24, 2.45) is 0 Å². The van der Waals surface area contributed by atoms with Gasteiger partial charge in [0.1, 0.15) is 0 Å². The molecule has 2 unspecified atom stereocenters. The number of likely N-dealkylation sites (N-methyl/N-ethyl adjacent to an activating group) is 1. The molecule has 1 aliphatic rings. The number of thiophene rings is 1. The zero-order valence-corrected chi connectivity index (χ0v) is 11.8. The molecule has 2 rings (SSSR count). The van der Waals surface area contributed by atoms with Crippen LogP contribution in [0.1, 0.15) is 31.1 Å². The third-order valence-corrected chi connectivity index (χ3v) is 4.43. The average Bonchev–Trinajstić information content (AvgIpc) is 2.75. The Labute approximate surface area is 112 Å². The van der Waals surface area contributed by atoms with E-state index in [1.807, 2.05) is 6.07 Å². The zero-order chi connectivity index (χ0) is 12.1. The van der Waals surface area contributed by atoms with Crippen LogP contribution in [0.5, 0.6) is 0 Å². The van der Waals surface area contributed by atoms with Gasteiger partial charge in [0, 0.05) is 17.5 Å². The van der Waals surface area contributed by atoms with E-state index in [0.717, 1.165) is 23.9 Å². The monoisotopic (exact) mass is 273 g/mol. The lowest BCUT2D eigenvalue weighted by Crippen LogP contribution is -2.44. The van der Waals surface area contributed by atoms with Gasteiger partial charge < -0.3 is 10.1 Å². The number of nitrogens with one attached hydrogen (secondary N) is 1. The predicted molar refractivity (Wildman–Crippen MR) is 74.1 cm³/mol. The SMILES string of the molecule is CCNC(Cc1ccc(Cl)s1)C1CCCCO1. The molecular formula is C13H20ClNOS. The van der Waals surface area contributed by atoms with Gasteiger partial charge in [-0.25, -0.2) is 0 Å². The van der Waals surface area contributed by atoms with Crippen molar-refractivity contribution >= 4 is 22.9 Å². The van der Waals surface area contributed by atoms with Crippen LogP contribution in [0, 0.1) is 0 Å². The van der Waals surface area contributed by atoms with E-state index in [1.54, 1.807) is 11.3 Å². The van der Waals surface area contributed by atoms with Crippen molar-refractivity contribution in [2.45, 2.75) is 44.8 Å². The first kappa shape index (κ1) is 13.3. The van der Waals surface area contributed by atoms with E-state index in [-0.39, 0.29) is 0 Å². The van der Waals surface area contributed by atoms with Crippen LogP contribution in [0.2, 0.25) is 4.34 Å². The molecule has 0 saturated carbocycles. The fourth-order valence-corrected chi connectivity index (χ4v) is 3.50. The third kappa shape index (κ3) is 3.95. The Bertz CT molecular complexity index is 336. The van der Waals surface area contributed by atoms with E-state index >= 15 is 0 Å². The number of hydrogen-bond donors (Lipinski definition) is 1. The minimum absolute atomic E-state index is 0.365. The van der Waals surface area contributed by atoms with Gasteiger partial charge in [-0.05, 0) is 44.4 Å². The molecule has 2 nitrogen and oxygen atoms in total. The van der Waals surface area contributed by atoms with E-state index in [9.17, 15) is 0 Å². The van der Waals surface area contributed by atoms with Gasteiger partial charge in [0.05, 0.1) is 10.4 Å². The van der Waals surface area contributed by atoms with Crippen LogP contribution in [-0.4, -0.2) is 25.3 Å². The lowest BCUT2D eigenvalue weighted by Gasteiger charge is -2.30. The highest BCUT2D eigenvalue weighted by Crippen LogP contribution is 2.25. The van der Waals surface area contributed by atoms with Crippen molar-refractivity contribution in [2.75, 3.05) is 13.2 Å². The third-order valence-electron chi connectivity index (χ3n) is 3.18. The molecule has 0 radical (unpaired) electrons. The van der Waals surface area contributed by atoms with Crippen molar-refractivity contribution in [1.82, 2.24) is 5.32 Å². The Morgan fingerprint density at radius 3 is 3.00 bits per heavy atom. The van der Waals surface area contributed by atoms with Gasteiger partial charge in [-0.1, -0.05) is 18.5 Å². The second-order valence-electron chi connectivity index (χ2n) is 4.48. The Morgan fingerprint density at radius 2 is 2.41 bits per heavy atom. The van der Waals surface area contributed by atoms with Gasteiger partial charge in [-0.2, -0.15) is 0 Å². The highest BCUT2D eigenvalue weighted by molar-refractivity contribution is 7.16. The molecule has 17 heavy (non-hydrogen) atoms. The van der Waals surface area contributed by atoms with Gasteiger partial charge in [-0.3, -0.25) is 0 Å². The van der Waals surface area contributed by atoms with E-state index in [2.05, 4.69) is 18.3 Å². The van der Waals surface area contributed by atoms with Crippen molar-refractivity contribution in [3.05, 3.63) is 21.3 Å². The highest BCUT2D eigenvalue weighted by Gasteiger charge is 2.24. The Kier molecular flexibility index (Phi) is 5.29. The quantitative estimate of drug-likeness (QED) is 0.887. The van der Waals surface area contributed by atoms with E-state index in [4.69, 9.17) is 16.3 Å². The molecule has 1 saturated heterocycles. The Morgan fingerprint density at radius 1 is 1.53 bits per heavy atom. The summed E-state index contributed by atoms with van der Waals surface area (Å²) in [5, 5.41) is 3.55. The zero-order valence-electron chi connectivity index (χ0n) is 10.2. The summed E-state index contributed by atoms with van der Waals surface area (Å²) in [6.45, 7) is 4.05. The predicted octanol–water partition coefficient (Wildman–Crippen LogP) is 3.49. The summed E-state index contributed by atoms with van der Waals surface area (Å²) in [5.74, 6) is 0. The van der Waals surface area contributed by atoms with Crippen molar-refractivity contribution < 1.29 is 4.74 Å². The van der Waals surface area contributed by atoms with Gasteiger partial charge in [0.2, 0.25) is 0 Å². The van der Waals surface area contributed by atoms with Crippen LogP contribution in [-0.2, 0) is 11.2 Å². The van der Waals surface area contributed by atoms with E-state index < -0.39 is 0 Å². The van der Waals surface area contributed by atoms with Crippen LogP contribution >= 0.6 is 22.9 Å². The van der Waals surface area contributed by atoms with Gasteiger partial charge in [0.15, 0.2) is 0 Å². The molecule has 0 amide bonds. The number of rotatable bonds is 5. The highest BCUT2D eigenvalue weighted by atomic mass is 35.5. The smallest absolute Gasteiger partial charge is 0.0931 e. The molecule has 0 aliphatic carbocycles. The molecule has 0 aromatic carbocycles. The van der Waals surface area contributed by atoms with Crippen molar-refractivity contribution in [3.63, 3.8) is 0 Å². The maximum atomic E-state index is 5.97. The van der Waals surface area contributed by atoms with Crippen molar-refractivity contribution in [1.29, 1.82) is 0 Å². The Balaban J connectivity index is 1.95. The summed E-state index contributed by atoms with van der Waals surface area (Å²) in [7, 11) is 0. The molecule has 1 aliphatic heterocycles. The van der Waals surface area contributed by atoms with Crippen molar-refractivity contribution in [3.8, 4) is 0 Å². The second kappa shape index (κ2) is 6.74. The molecule has 0 spiro atoms. The number of halogens is 1. The topological polar surface area (TPSA) is 21.3 Å². The first-order valence-electron chi connectivity index (χ1n) is 6.39. The summed E-state index contributed by atoms with van der Waals surface area (Å²) in [4.78, 5) is 1.34. The minimum atomic E-state index is 0.365. The molecule has 2 atom stereocenters. The van der Waals surface area contributed by atoms with Gasteiger partial charge >= 0.3 is 0 Å². The van der Waals surface area contributed by atoms with Crippen LogP contribution < -0.4 is 5.32 Å². The maximum Gasteiger partial charge on any atom is 0.0931 e. The summed E-state index contributed by atoms with van der Waals surface area (Å²) in [5.41, 5.74) is 0. The largest absolute Gasteiger partial charge is 0.377 e. The molecule has 2 heterocycles. The normalized spacial score (nSPS) is 22.6. The van der Waals surface area contributed by atoms with Crippen LogP contribution in [0.4, 0.5) is 0 Å². The fraction of sp³-hybridized carbons (Fsp3) is 0.692. The molecule has 96 valence electrons. The minimum Gasteiger partial charge on any atom is -0.377 e. The van der Waals surface area contributed by atoms with Crippen LogP contribution in [0.15, 0.2) is 12.1 Å². The molecule has 4 heteroatoms. The first-order valence-corrected chi connectivity index (χ1v) is 7.58. The fourth-order valence-electron chi connectivity index (χ4n) is 2.36. The molecule has 1 fully saturated rings. The van der Waals surface area contributed by atoms with Gasteiger partial charge in [-0.15, -0.1) is 11.3 Å². The van der Waals surface area contributed by atoms with Gasteiger partial charge in [0.25, 0.3) is 0 Å². The average molecular weight is 274 g/mol. The first-order chi connectivity index (χ1) is 8.29. The molecule has 1 aromatic heterocycles. The molecule has 1 aromatic rings. The number of ether oxygens (including phenoxy) is 1. The van der Waals surface area contributed by atoms with E-state index in [0.29, 0.717) is 12.1 Å². The second-order valence-corrected chi connectivity index (χ2v) is 6.28. The standard InChI is InChI=1S/C13H20ClNOS/c1-2-15-11(12-5-3-4-8-16-12)9-10-6-7-13(14)17-10/h6-7,11-12,15H,2-5,8-9H2,1H3. The summed E-state index contributed by atoms with van der Waals surface area (Å²) < 4.78 is 6.76. The van der Waals surface area contributed by atoms with E-state index in [1.165, 1.54) is 24.1 Å².